The third-order valence-corrected chi connectivity index (χ3v) is 4.48. The summed E-state index contributed by atoms with van der Waals surface area (Å²) in [4.78, 5) is 2.23. The van der Waals surface area contributed by atoms with Crippen molar-refractivity contribution < 1.29 is 4.39 Å². The number of fused-ring (bicyclic) bond motifs is 1. The number of halogens is 1. The van der Waals surface area contributed by atoms with Crippen LogP contribution in [0.15, 0.2) is 42.5 Å². The maximum absolute atomic E-state index is 14.2. The fraction of sp³-hybridized carbons (Fsp3) is 0.333. The van der Waals surface area contributed by atoms with Gasteiger partial charge in [-0.1, -0.05) is 42.0 Å². The van der Waals surface area contributed by atoms with E-state index in [1.165, 1.54) is 16.7 Å². The number of nitrogens with two attached hydrogens (primary N) is 1. The molecule has 2 nitrogen and oxygen atoms in total. The topological polar surface area (TPSA) is 29.3 Å². The van der Waals surface area contributed by atoms with Crippen molar-refractivity contribution in [3.63, 3.8) is 0 Å². The van der Waals surface area contributed by atoms with Crippen molar-refractivity contribution in [2.75, 3.05) is 20.1 Å². The smallest absolute Gasteiger partial charge is 0.127 e. The lowest BCUT2D eigenvalue weighted by molar-refractivity contribution is 0.222. The molecule has 1 aliphatic heterocycles. The molecule has 0 fully saturated rings. The highest BCUT2D eigenvalue weighted by molar-refractivity contribution is 5.44. The van der Waals surface area contributed by atoms with Gasteiger partial charge in [0.15, 0.2) is 0 Å². The summed E-state index contributed by atoms with van der Waals surface area (Å²) in [6.45, 7) is 3.45. The fourth-order valence-corrected chi connectivity index (χ4v) is 3.38. The van der Waals surface area contributed by atoms with Crippen LogP contribution >= 0.6 is 0 Å². The molecule has 0 aromatic heterocycles. The zero-order chi connectivity index (χ0) is 15.0. The molecule has 0 saturated heterocycles. The van der Waals surface area contributed by atoms with Crippen molar-refractivity contribution >= 4 is 0 Å². The zero-order valence-electron chi connectivity index (χ0n) is 12.5. The Morgan fingerprint density at radius 1 is 1.14 bits per heavy atom. The molecule has 2 atom stereocenters. The molecular formula is C18H21FN2. The van der Waals surface area contributed by atoms with E-state index in [4.69, 9.17) is 5.73 Å². The largest absolute Gasteiger partial charge is 0.329 e. The van der Waals surface area contributed by atoms with Gasteiger partial charge in [-0.05, 0) is 36.7 Å². The number of likely N-dealkylation sites (N-methyl/N-ethyl adjacent to an activating group) is 1. The van der Waals surface area contributed by atoms with Gasteiger partial charge in [-0.2, -0.15) is 0 Å². The van der Waals surface area contributed by atoms with E-state index in [-0.39, 0.29) is 17.8 Å². The molecule has 0 radical (unpaired) electrons. The molecule has 3 rings (SSSR count). The highest BCUT2D eigenvalue weighted by atomic mass is 19.1. The lowest BCUT2D eigenvalue weighted by atomic mass is 9.80. The van der Waals surface area contributed by atoms with Crippen LogP contribution < -0.4 is 5.73 Å². The van der Waals surface area contributed by atoms with E-state index in [9.17, 15) is 4.39 Å². The van der Waals surface area contributed by atoms with Crippen LogP contribution in [0.2, 0.25) is 0 Å². The summed E-state index contributed by atoms with van der Waals surface area (Å²) in [6, 6.07) is 13.7. The molecule has 110 valence electrons. The van der Waals surface area contributed by atoms with E-state index in [1.807, 2.05) is 12.1 Å². The van der Waals surface area contributed by atoms with Crippen molar-refractivity contribution in [3.8, 4) is 0 Å². The van der Waals surface area contributed by atoms with Crippen molar-refractivity contribution in [1.29, 1.82) is 0 Å². The van der Waals surface area contributed by atoms with Gasteiger partial charge in [-0.15, -0.1) is 0 Å². The van der Waals surface area contributed by atoms with E-state index >= 15 is 0 Å². The first kappa shape index (κ1) is 14.2. The second kappa shape index (κ2) is 5.58. The molecule has 21 heavy (non-hydrogen) atoms. The van der Waals surface area contributed by atoms with Crippen LogP contribution in [0.5, 0.6) is 0 Å². The van der Waals surface area contributed by atoms with E-state index in [2.05, 4.69) is 37.1 Å². The maximum Gasteiger partial charge on any atom is 0.127 e. The summed E-state index contributed by atoms with van der Waals surface area (Å²) >= 11 is 0. The minimum Gasteiger partial charge on any atom is -0.329 e. The predicted octanol–water partition coefficient (Wildman–Crippen LogP) is 3.21. The van der Waals surface area contributed by atoms with E-state index < -0.39 is 0 Å². The van der Waals surface area contributed by atoms with Gasteiger partial charge in [0, 0.05) is 25.0 Å². The van der Waals surface area contributed by atoms with Crippen molar-refractivity contribution in [1.82, 2.24) is 4.90 Å². The molecule has 0 saturated carbocycles. The molecular weight excluding hydrogens is 263 g/mol. The molecule has 0 amide bonds. The van der Waals surface area contributed by atoms with Crippen molar-refractivity contribution in [2.24, 2.45) is 5.73 Å². The highest BCUT2D eigenvalue weighted by Crippen LogP contribution is 2.39. The fourth-order valence-electron chi connectivity index (χ4n) is 3.38. The van der Waals surface area contributed by atoms with Crippen LogP contribution in [-0.4, -0.2) is 25.0 Å². The number of nitrogens with zero attached hydrogens (tertiary/aromatic N) is 1. The van der Waals surface area contributed by atoms with Gasteiger partial charge in [0.25, 0.3) is 0 Å². The van der Waals surface area contributed by atoms with Crippen LogP contribution in [0.25, 0.3) is 0 Å². The minimum atomic E-state index is -0.130. The van der Waals surface area contributed by atoms with Crippen LogP contribution in [0.1, 0.15) is 34.2 Å². The molecule has 2 aromatic carbocycles. The average Bonchev–Trinajstić information content (AvgIpc) is 2.47. The number of benzene rings is 2. The van der Waals surface area contributed by atoms with E-state index in [0.29, 0.717) is 6.54 Å². The summed E-state index contributed by atoms with van der Waals surface area (Å²) in [5.74, 6) is -0.0662. The van der Waals surface area contributed by atoms with E-state index in [0.717, 1.165) is 12.1 Å². The Bertz CT molecular complexity index is 653. The Hall–Kier alpha value is -1.71. The maximum atomic E-state index is 14.2. The zero-order valence-corrected chi connectivity index (χ0v) is 12.5. The van der Waals surface area contributed by atoms with Crippen LogP contribution in [0.3, 0.4) is 0 Å². The Kier molecular flexibility index (Phi) is 3.79. The van der Waals surface area contributed by atoms with Gasteiger partial charge >= 0.3 is 0 Å². The molecule has 0 aliphatic carbocycles. The summed E-state index contributed by atoms with van der Waals surface area (Å²) in [7, 11) is 2.06. The Balaban J connectivity index is 2.15. The SMILES string of the molecule is Cc1ccc2c(c1)C(c1ccccc1F)CN(C)C2CN. The quantitative estimate of drug-likeness (QED) is 0.917. The van der Waals surface area contributed by atoms with Gasteiger partial charge in [-0.25, -0.2) is 4.39 Å². The molecule has 2 unspecified atom stereocenters. The molecule has 2 N–H and O–H groups in total. The van der Waals surface area contributed by atoms with Crippen LogP contribution in [0, 0.1) is 12.7 Å². The predicted molar refractivity (Wildman–Crippen MR) is 83.8 cm³/mol. The second-order valence-corrected chi connectivity index (χ2v) is 5.90. The summed E-state index contributed by atoms with van der Waals surface area (Å²) in [5.41, 5.74) is 10.4. The molecule has 0 spiro atoms. The Labute approximate surface area is 125 Å². The Morgan fingerprint density at radius 3 is 2.62 bits per heavy atom. The van der Waals surface area contributed by atoms with Gasteiger partial charge in [0.05, 0.1) is 0 Å². The van der Waals surface area contributed by atoms with Crippen molar-refractivity contribution in [3.05, 3.63) is 70.5 Å². The lowest BCUT2D eigenvalue weighted by Crippen LogP contribution is -2.39. The summed E-state index contributed by atoms with van der Waals surface area (Å²) in [6.07, 6.45) is 0. The standard InChI is InChI=1S/C18H21FN2/c1-12-7-8-14-15(9-12)16(11-21(2)18(14)10-20)13-5-3-4-6-17(13)19/h3-9,16,18H,10-11,20H2,1-2H3. The van der Waals surface area contributed by atoms with Crippen LogP contribution in [0.4, 0.5) is 4.39 Å². The number of hydrogen-bond donors (Lipinski definition) is 1. The Morgan fingerprint density at radius 2 is 1.90 bits per heavy atom. The van der Waals surface area contributed by atoms with Gasteiger partial charge in [0.2, 0.25) is 0 Å². The number of hydrogen-bond acceptors (Lipinski definition) is 2. The normalized spacial score (nSPS) is 22.1. The van der Waals surface area contributed by atoms with Gasteiger partial charge in [-0.3, -0.25) is 4.90 Å². The van der Waals surface area contributed by atoms with Crippen LogP contribution in [-0.2, 0) is 0 Å². The van der Waals surface area contributed by atoms with E-state index in [1.54, 1.807) is 12.1 Å². The first-order chi connectivity index (χ1) is 10.1. The third-order valence-electron chi connectivity index (χ3n) is 4.48. The molecule has 1 aliphatic rings. The summed E-state index contributed by atoms with van der Waals surface area (Å²) < 4.78 is 14.2. The van der Waals surface area contributed by atoms with Gasteiger partial charge in [0.1, 0.15) is 5.82 Å². The average molecular weight is 284 g/mol. The monoisotopic (exact) mass is 284 g/mol. The van der Waals surface area contributed by atoms with Crippen molar-refractivity contribution in [2.45, 2.75) is 18.9 Å². The van der Waals surface area contributed by atoms with Gasteiger partial charge < -0.3 is 5.73 Å². The second-order valence-electron chi connectivity index (χ2n) is 5.90. The lowest BCUT2D eigenvalue weighted by Gasteiger charge is -2.39. The minimum absolute atomic E-state index is 0.0638. The first-order valence-corrected chi connectivity index (χ1v) is 7.37. The third kappa shape index (κ3) is 2.47. The molecule has 2 aromatic rings. The number of aryl methyl sites for hydroxylation is 1. The molecule has 1 heterocycles. The number of rotatable bonds is 2. The molecule has 3 heteroatoms. The first-order valence-electron chi connectivity index (χ1n) is 7.37. The summed E-state index contributed by atoms with van der Waals surface area (Å²) in [5, 5.41) is 0. The highest BCUT2D eigenvalue weighted by Gasteiger charge is 2.32. The molecule has 0 bridgehead atoms.